The van der Waals surface area contributed by atoms with Gasteiger partial charge in [-0.1, -0.05) is 29.8 Å². The van der Waals surface area contributed by atoms with Gasteiger partial charge in [-0.15, -0.1) is 0 Å². The molecule has 0 aliphatic rings. The van der Waals surface area contributed by atoms with Gasteiger partial charge in [-0.05, 0) is 18.2 Å². The minimum Gasteiger partial charge on any atom is -0.472 e. The van der Waals surface area contributed by atoms with E-state index in [9.17, 15) is 8.42 Å². The molecule has 19 heavy (non-hydrogen) atoms. The van der Waals surface area contributed by atoms with Crippen LogP contribution in [0.15, 0.2) is 47.5 Å². The summed E-state index contributed by atoms with van der Waals surface area (Å²) < 4.78 is 28.1. The number of hydrogen-bond acceptors (Lipinski definition) is 4. The highest BCUT2D eigenvalue weighted by Gasteiger charge is 2.17. The van der Waals surface area contributed by atoms with Crippen LogP contribution in [0.1, 0.15) is 5.56 Å². The molecule has 7 heteroatoms. The summed E-state index contributed by atoms with van der Waals surface area (Å²) in [5.41, 5.74) is 0.729. The smallest absolute Gasteiger partial charge is 0.266 e. The third-order valence-corrected chi connectivity index (χ3v) is 4.02. The molecule has 0 saturated carbocycles. The molecule has 1 aromatic heterocycles. The van der Waals surface area contributed by atoms with Crippen LogP contribution < -0.4 is 4.74 Å². The van der Waals surface area contributed by atoms with Crippen molar-refractivity contribution in [2.45, 2.75) is 11.5 Å². The van der Waals surface area contributed by atoms with Crippen LogP contribution in [-0.4, -0.2) is 13.4 Å². The summed E-state index contributed by atoms with van der Waals surface area (Å²) in [7, 11) is 1.41. The second-order valence-corrected chi connectivity index (χ2v) is 6.57. The standard InChI is InChI=1S/C12H9Cl2NO3S/c13-10-5-2-1-4-9(10)8-18-12-11(19(14,16)17)6-3-7-15-12/h1-7H,8H2. The minimum atomic E-state index is -3.90. The Balaban J connectivity index is 2.24. The molecule has 2 aromatic rings. The lowest BCUT2D eigenvalue weighted by atomic mass is 10.2. The number of halogens is 2. The third-order valence-electron chi connectivity index (χ3n) is 2.32. The summed E-state index contributed by atoms with van der Waals surface area (Å²) >= 11 is 5.98. The second-order valence-electron chi connectivity index (χ2n) is 3.62. The van der Waals surface area contributed by atoms with Gasteiger partial charge >= 0.3 is 0 Å². The van der Waals surface area contributed by atoms with Crippen molar-refractivity contribution in [2.24, 2.45) is 0 Å². The van der Waals surface area contributed by atoms with E-state index in [0.717, 1.165) is 5.56 Å². The predicted molar refractivity (Wildman–Crippen MR) is 73.1 cm³/mol. The highest BCUT2D eigenvalue weighted by molar-refractivity contribution is 8.13. The molecular formula is C12H9Cl2NO3S. The van der Waals surface area contributed by atoms with Gasteiger partial charge in [0.1, 0.15) is 11.5 Å². The van der Waals surface area contributed by atoms with E-state index in [1.165, 1.54) is 18.3 Å². The van der Waals surface area contributed by atoms with Gasteiger partial charge < -0.3 is 4.74 Å². The fourth-order valence-electron chi connectivity index (χ4n) is 1.43. The van der Waals surface area contributed by atoms with E-state index in [4.69, 9.17) is 27.0 Å². The molecule has 0 radical (unpaired) electrons. The van der Waals surface area contributed by atoms with Gasteiger partial charge in [-0.2, -0.15) is 0 Å². The van der Waals surface area contributed by atoms with E-state index >= 15 is 0 Å². The lowest BCUT2D eigenvalue weighted by Gasteiger charge is -2.09. The summed E-state index contributed by atoms with van der Waals surface area (Å²) in [5.74, 6) is -0.0441. The zero-order valence-electron chi connectivity index (χ0n) is 9.58. The van der Waals surface area contributed by atoms with Crippen LogP contribution >= 0.6 is 22.3 Å². The zero-order valence-corrected chi connectivity index (χ0v) is 11.9. The summed E-state index contributed by atoms with van der Waals surface area (Å²) in [6, 6.07) is 9.90. The third kappa shape index (κ3) is 3.59. The monoisotopic (exact) mass is 317 g/mol. The van der Waals surface area contributed by atoms with Crippen LogP contribution in [0.3, 0.4) is 0 Å². The maximum atomic E-state index is 11.4. The van der Waals surface area contributed by atoms with E-state index in [1.54, 1.807) is 18.2 Å². The molecule has 0 saturated heterocycles. The maximum Gasteiger partial charge on any atom is 0.266 e. The normalized spacial score (nSPS) is 11.3. The van der Waals surface area contributed by atoms with Crippen LogP contribution in [0.4, 0.5) is 0 Å². The van der Waals surface area contributed by atoms with Crippen molar-refractivity contribution in [1.82, 2.24) is 4.98 Å². The zero-order chi connectivity index (χ0) is 13.9. The van der Waals surface area contributed by atoms with Crippen molar-refractivity contribution in [2.75, 3.05) is 0 Å². The van der Waals surface area contributed by atoms with Gasteiger partial charge in [0.05, 0.1) is 0 Å². The van der Waals surface area contributed by atoms with Crippen molar-refractivity contribution >= 4 is 31.3 Å². The molecule has 0 aliphatic carbocycles. The quantitative estimate of drug-likeness (QED) is 0.812. The number of benzene rings is 1. The second kappa shape index (κ2) is 5.77. The molecular weight excluding hydrogens is 309 g/mol. The first-order valence-corrected chi connectivity index (χ1v) is 7.93. The Morgan fingerprint density at radius 2 is 1.89 bits per heavy atom. The van der Waals surface area contributed by atoms with E-state index in [0.29, 0.717) is 5.02 Å². The Morgan fingerprint density at radius 3 is 2.58 bits per heavy atom. The van der Waals surface area contributed by atoms with Crippen molar-refractivity contribution in [3.8, 4) is 5.88 Å². The molecule has 0 aliphatic heterocycles. The fraction of sp³-hybridized carbons (Fsp3) is 0.0833. The number of nitrogens with zero attached hydrogens (tertiary/aromatic N) is 1. The minimum absolute atomic E-state index is 0.0441. The molecule has 0 unspecified atom stereocenters. The average Bonchev–Trinajstić information content (AvgIpc) is 2.37. The lowest BCUT2D eigenvalue weighted by Crippen LogP contribution is -2.02. The number of ether oxygens (including phenoxy) is 1. The van der Waals surface area contributed by atoms with Gasteiger partial charge in [-0.3, -0.25) is 0 Å². The number of pyridine rings is 1. The molecule has 0 atom stereocenters. The molecule has 0 N–H and O–H groups in total. The topological polar surface area (TPSA) is 56.3 Å². The van der Waals surface area contributed by atoms with E-state index in [2.05, 4.69) is 4.98 Å². The molecule has 100 valence electrons. The molecule has 2 rings (SSSR count). The largest absolute Gasteiger partial charge is 0.472 e. The number of rotatable bonds is 4. The van der Waals surface area contributed by atoms with Crippen molar-refractivity contribution in [3.05, 3.63) is 53.2 Å². The molecule has 0 fully saturated rings. The van der Waals surface area contributed by atoms with E-state index in [-0.39, 0.29) is 17.4 Å². The van der Waals surface area contributed by atoms with Gasteiger partial charge in [0.15, 0.2) is 0 Å². The Labute approximate surface area is 120 Å². The summed E-state index contributed by atoms with van der Waals surface area (Å²) in [6.45, 7) is 0.107. The number of aromatic nitrogens is 1. The van der Waals surface area contributed by atoms with Crippen LogP contribution in [0.2, 0.25) is 5.02 Å². The highest BCUT2D eigenvalue weighted by atomic mass is 35.7. The highest BCUT2D eigenvalue weighted by Crippen LogP contribution is 2.25. The number of hydrogen-bond donors (Lipinski definition) is 0. The van der Waals surface area contributed by atoms with Gasteiger partial charge in [0, 0.05) is 27.5 Å². The lowest BCUT2D eigenvalue weighted by molar-refractivity contribution is 0.285. The van der Waals surface area contributed by atoms with Gasteiger partial charge in [0.2, 0.25) is 5.88 Å². The van der Waals surface area contributed by atoms with E-state index in [1.807, 2.05) is 6.07 Å². The summed E-state index contributed by atoms with van der Waals surface area (Å²) in [4.78, 5) is 3.70. The van der Waals surface area contributed by atoms with Gasteiger partial charge in [0.25, 0.3) is 9.05 Å². The van der Waals surface area contributed by atoms with Crippen LogP contribution in [0.5, 0.6) is 5.88 Å². The summed E-state index contributed by atoms with van der Waals surface area (Å²) in [5, 5.41) is 0.536. The van der Waals surface area contributed by atoms with Crippen molar-refractivity contribution in [3.63, 3.8) is 0 Å². The van der Waals surface area contributed by atoms with Gasteiger partial charge in [-0.25, -0.2) is 13.4 Å². The Bertz CT molecular complexity index is 689. The molecule has 1 aromatic carbocycles. The van der Waals surface area contributed by atoms with Crippen LogP contribution in [-0.2, 0) is 15.7 Å². The van der Waals surface area contributed by atoms with Crippen LogP contribution in [0, 0.1) is 0 Å². The fourth-order valence-corrected chi connectivity index (χ4v) is 2.54. The van der Waals surface area contributed by atoms with E-state index < -0.39 is 9.05 Å². The first kappa shape index (κ1) is 14.1. The first-order chi connectivity index (χ1) is 8.98. The predicted octanol–water partition coefficient (Wildman–Crippen LogP) is 3.24. The summed E-state index contributed by atoms with van der Waals surface area (Å²) in [6.07, 6.45) is 1.42. The molecule has 0 amide bonds. The average molecular weight is 318 g/mol. The Hall–Kier alpha value is -1.30. The maximum absolute atomic E-state index is 11.4. The first-order valence-electron chi connectivity index (χ1n) is 5.24. The molecule has 0 bridgehead atoms. The SMILES string of the molecule is O=S(=O)(Cl)c1cccnc1OCc1ccccc1Cl. The Kier molecular flexibility index (Phi) is 4.29. The van der Waals surface area contributed by atoms with Crippen LogP contribution in [0.25, 0.3) is 0 Å². The molecule has 1 heterocycles. The molecule has 4 nitrogen and oxygen atoms in total. The molecule has 0 spiro atoms. The van der Waals surface area contributed by atoms with Crippen molar-refractivity contribution < 1.29 is 13.2 Å². The van der Waals surface area contributed by atoms with Crippen molar-refractivity contribution in [1.29, 1.82) is 0 Å². The Morgan fingerprint density at radius 1 is 1.16 bits per heavy atom.